The van der Waals surface area contributed by atoms with E-state index in [4.69, 9.17) is 10.5 Å². The highest BCUT2D eigenvalue weighted by Gasteiger charge is 2.30. The number of hydrogen-bond acceptors (Lipinski definition) is 3. The summed E-state index contributed by atoms with van der Waals surface area (Å²) in [5.41, 5.74) is 9.05. The number of hydrogen-bond donors (Lipinski definition) is 1. The molecule has 0 aromatic heterocycles. The summed E-state index contributed by atoms with van der Waals surface area (Å²) in [6.07, 6.45) is 0.221. The highest BCUT2D eigenvalue weighted by Crippen LogP contribution is 2.30. The van der Waals surface area contributed by atoms with E-state index in [1.165, 1.54) is 0 Å². The fourth-order valence-electron chi connectivity index (χ4n) is 2.47. The Kier molecular flexibility index (Phi) is 2.75. The summed E-state index contributed by atoms with van der Waals surface area (Å²) in [5.74, 6) is 0.836. The van der Waals surface area contributed by atoms with Crippen molar-refractivity contribution in [2.75, 3.05) is 5.73 Å². The van der Waals surface area contributed by atoms with E-state index in [9.17, 15) is 4.79 Å². The standard InChI is InChI=1S/C16H15NO2/c1-10-8-12(17)6-7-13(10)16(18)15-9-11-4-2-3-5-14(11)19-15/h2-8,15H,9,17H2,1H3. The van der Waals surface area contributed by atoms with Gasteiger partial charge in [0.2, 0.25) is 5.78 Å². The first-order chi connectivity index (χ1) is 9.15. The van der Waals surface area contributed by atoms with Crippen molar-refractivity contribution in [1.29, 1.82) is 0 Å². The van der Waals surface area contributed by atoms with Crippen molar-refractivity contribution < 1.29 is 9.53 Å². The smallest absolute Gasteiger partial charge is 0.203 e. The number of rotatable bonds is 2. The van der Waals surface area contributed by atoms with E-state index in [1.54, 1.807) is 12.1 Å². The molecular weight excluding hydrogens is 238 g/mol. The van der Waals surface area contributed by atoms with Crippen LogP contribution in [0.15, 0.2) is 42.5 Å². The largest absolute Gasteiger partial charge is 0.482 e. The molecule has 0 radical (unpaired) electrons. The Balaban J connectivity index is 1.87. The van der Waals surface area contributed by atoms with Gasteiger partial charge >= 0.3 is 0 Å². The van der Waals surface area contributed by atoms with Crippen LogP contribution in [0, 0.1) is 6.92 Å². The second kappa shape index (κ2) is 4.43. The van der Waals surface area contributed by atoms with Gasteiger partial charge in [-0.3, -0.25) is 4.79 Å². The number of fused-ring (bicyclic) bond motifs is 1. The average molecular weight is 253 g/mol. The lowest BCUT2D eigenvalue weighted by Gasteiger charge is -2.11. The van der Waals surface area contributed by atoms with E-state index in [0.29, 0.717) is 17.7 Å². The Morgan fingerprint density at radius 3 is 2.79 bits per heavy atom. The van der Waals surface area contributed by atoms with Crippen LogP contribution in [-0.4, -0.2) is 11.9 Å². The Bertz CT molecular complexity index is 624. The molecule has 0 aliphatic carbocycles. The lowest BCUT2D eigenvalue weighted by Crippen LogP contribution is -2.26. The number of nitrogens with two attached hydrogens (primary N) is 1. The van der Waals surface area contributed by atoms with Crippen molar-refractivity contribution in [2.24, 2.45) is 0 Å². The zero-order valence-electron chi connectivity index (χ0n) is 10.7. The van der Waals surface area contributed by atoms with Crippen LogP contribution in [0.2, 0.25) is 0 Å². The number of nitrogen functional groups attached to an aromatic ring is 1. The molecule has 0 bridgehead atoms. The molecule has 1 aliphatic heterocycles. The van der Waals surface area contributed by atoms with E-state index in [-0.39, 0.29) is 5.78 Å². The van der Waals surface area contributed by atoms with Gasteiger partial charge in [0, 0.05) is 17.7 Å². The molecular formula is C16H15NO2. The molecule has 1 heterocycles. The van der Waals surface area contributed by atoms with E-state index >= 15 is 0 Å². The van der Waals surface area contributed by atoms with E-state index < -0.39 is 6.10 Å². The van der Waals surface area contributed by atoms with Gasteiger partial charge in [0.15, 0.2) is 6.10 Å². The average Bonchev–Trinajstić information content (AvgIpc) is 2.81. The second-order valence-corrected chi connectivity index (χ2v) is 4.86. The van der Waals surface area contributed by atoms with Gasteiger partial charge in [0.25, 0.3) is 0 Å². The number of benzene rings is 2. The highest BCUT2D eigenvalue weighted by molar-refractivity contribution is 6.01. The predicted molar refractivity (Wildman–Crippen MR) is 74.5 cm³/mol. The van der Waals surface area contributed by atoms with Gasteiger partial charge in [-0.1, -0.05) is 18.2 Å². The molecule has 1 unspecified atom stereocenters. The van der Waals surface area contributed by atoms with Gasteiger partial charge < -0.3 is 10.5 Å². The van der Waals surface area contributed by atoms with Gasteiger partial charge in [0.05, 0.1) is 0 Å². The van der Waals surface area contributed by atoms with Crippen LogP contribution < -0.4 is 10.5 Å². The molecule has 2 aromatic carbocycles. The van der Waals surface area contributed by atoms with Crippen LogP contribution in [-0.2, 0) is 6.42 Å². The van der Waals surface area contributed by atoms with E-state index in [1.807, 2.05) is 37.3 Å². The third-order valence-corrected chi connectivity index (χ3v) is 3.46. The van der Waals surface area contributed by atoms with Gasteiger partial charge in [0.1, 0.15) is 5.75 Å². The van der Waals surface area contributed by atoms with E-state index in [0.717, 1.165) is 16.9 Å². The van der Waals surface area contributed by atoms with Crippen molar-refractivity contribution in [1.82, 2.24) is 0 Å². The minimum Gasteiger partial charge on any atom is -0.482 e. The molecule has 96 valence electrons. The Hall–Kier alpha value is -2.29. The summed E-state index contributed by atoms with van der Waals surface area (Å²) in [4.78, 5) is 12.5. The maximum Gasteiger partial charge on any atom is 0.203 e. The molecule has 0 saturated carbocycles. The van der Waals surface area contributed by atoms with Crippen LogP contribution >= 0.6 is 0 Å². The zero-order chi connectivity index (χ0) is 13.4. The van der Waals surface area contributed by atoms with Crippen LogP contribution in [0.1, 0.15) is 21.5 Å². The third kappa shape index (κ3) is 2.08. The number of ether oxygens (including phenoxy) is 1. The van der Waals surface area contributed by atoms with Crippen molar-refractivity contribution in [2.45, 2.75) is 19.4 Å². The van der Waals surface area contributed by atoms with Gasteiger partial charge in [-0.25, -0.2) is 0 Å². The molecule has 2 N–H and O–H groups in total. The monoisotopic (exact) mass is 253 g/mol. The Labute approximate surface area is 112 Å². The van der Waals surface area contributed by atoms with Crippen molar-refractivity contribution in [3.8, 4) is 5.75 Å². The molecule has 3 rings (SSSR count). The quantitative estimate of drug-likeness (QED) is 0.661. The molecule has 0 spiro atoms. The molecule has 0 fully saturated rings. The second-order valence-electron chi connectivity index (χ2n) is 4.86. The highest BCUT2D eigenvalue weighted by atomic mass is 16.5. The van der Waals surface area contributed by atoms with Crippen molar-refractivity contribution in [3.63, 3.8) is 0 Å². The fourth-order valence-corrected chi connectivity index (χ4v) is 2.47. The normalized spacial score (nSPS) is 16.8. The first-order valence-corrected chi connectivity index (χ1v) is 6.30. The number of carbonyl (C=O) groups is 1. The molecule has 3 heteroatoms. The number of para-hydroxylation sites is 1. The number of carbonyl (C=O) groups excluding carboxylic acids is 1. The number of aryl methyl sites for hydroxylation is 1. The number of Topliss-reactive ketones (excluding diaryl/α,β-unsaturated/α-hetero) is 1. The maximum absolute atomic E-state index is 12.5. The molecule has 19 heavy (non-hydrogen) atoms. The SMILES string of the molecule is Cc1cc(N)ccc1C(=O)C1Cc2ccccc2O1. The maximum atomic E-state index is 12.5. The summed E-state index contributed by atoms with van der Waals surface area (Å²) < 4.78 is 5.73. The topological polar surface area (TPSA) is 52.3 Å². The lowest BCUT2D eigenvalue weighted by atomic mass is 9.98. The Morgan fingerprint density at radius 1 is 1.26 bits per heavy atom. The van der Waals surface area contributed by atoms with E-state index in [2.05, 4.69) is 0 Å². The Morgan fingerprint density at radius 2 is 2.05 bits per heavy atom. The number of anilines is 1. The molecule has 2 aromatic rings. The first-order valence-electron chi connectivity index (χ1n) is 6.30. The molecule has 0 saturated heterocycles. The van der Waals surface area contributed by atoms with Crippen LogP contribution in [0.3, 0.4) is 0 Å². The zero-order valence-corrected chi connectivity index (χ0v) is 10.7. The summed E-state index contributed by atoms with van der Waals surface area (Å²) in [6, 6.07) is 13.1. The molecule has 0 amide bonds. The van der Waals surface area contributed by atoms with Gasteiger partial charge in [-0.15, -0.1) is 0 Å². The first kappa shape index (κ1) is 11.8. The molecule has 1 aliphatic rings. The summed E-state index contributed by atoms with van der Waals surface area (Å²) >= 11 is 0. The van der Waals surface area contributed by atoms with Crippen molar-refractivity contribution in [3.05, 3.63) is 59.2 Å². The number of ketones is 1. The summed E-state index contributed by atoms with van der Waals surface area (Å²) in [7, 11) is 0. The van der Waals surface area contributed by atoms with Crippen molar-refractivity contribution >= 4 is 11.5 Å². The fraction of sp³-hybridized carbons (Fsp3) is 0.188. The minimum atomic E-state index is -0.417. The lowest BCUT2D eigenvalue weighted by molar-refractivity contribution is 0.0824. The predicted octanol–water partition coefficient (Wildman–Crippen LogP) is 2.76. The molecule has 1 atom stereocenters. The minimum absolute atomic E-state index is 0.0219. The van der Waals surface area contributed by atoms with Gasteiger partial charge in [-0.2, -0.15) is 0 Å². The van der Waals surface area contributed by atoms with Crippen LogP contribution in [0.25, 0.3) is 0 Å². The van der Waals surface area contributed by atoms with Crippen LogP contribution in [0.5, 0.6) is 5.75 Å². The molecule has 3 nitrogen and oxygen atoms in total. The summed E-state index contributed by atoms with van der Waals surface area (Å²) in [6.45, 7) is 1.89. The summed E-state index contributed by atoms with van der Waals surface area (Å²) in [5, 5.41) is 0. The van der Waals surface area contributed by atoms with Gasteiger partial charge in [-0.05, 0) is 42.3 Å². The van der Waals surface area contributed by atoms with Crippen LogP contribution in [0.4, 0.5) is 5.69 Å². The third-order valence-electron chi connectivity index (χ3n) is 3.46.